The van der Waals surface area contributed by atoms with Crippen molar-refractivity contribution in [3.8, 4) is 0 Å². The Morgan fingerprint density at radius 1 is 1.00 bits per heavy atom. The Morgan fingerprint density at radius 2 is 1.72 bits per heavy atom. The SMILES string of the molecule is O=C(/C=C/c1nc2ccccc2s1)OCC(=O)N1CCN(c2ccccc2)CC1. The number of hydrogen-bond acceptors (Lipinski definition) is 6. The van der Waals surface area contributed by atoms with Gasteiger partial charge in [0.05, 0.1) is 10.2 Å². The van der Waals surface area contributed by atoms with Crippen molar-refractivity contribution in [3.63, 3.8) is 0 Å². The molecule has 2 aromatic carbocycles. The molecule has 3 aromatic rings. The van der Waals surface area contributed by atoms with Gasteiger partial charge in [-0.25, -0.2) is 9.78 Å². The molecule has 1 aromatic heterocycles. The molecule has 29 heavy (non-hydrogen) atoms. The molecular weight excluding hydrogens is 386 g/mol. The van der Waals surface area contributed by atoms with Crippen molar-refractivity contribution in [3.05, 3.63) is 65.7 Å². The Hall–Kier alpha value is -3.19. The van der Waals surface area contributed by atoms with Crippen LogP contribution in [-0.2, 0) is 14.3 Å². The third-order valence-corrected chi connectivity index (χ3v) is 5.77. The number of fused-ring (bicyclic) bond motifs is 1. The summed E-state index contributed by atoms with van der Waals surface area (Å²) in [6.07, 6.45) is 2.94. The van der Waals surface area contributed by atoms with Gasteiger partial charge in [-0.2, -0.15) is 0 Å². The fourth-order valence-electron chi connectivity index (χ4n) is 3.23. The van der Waals surface area contributed by atoms with E-state index in [9.17, 15) is 9.59 Å². The smallest absolute Gasteiger partial charge is 0.331 e. The number of rotatable bonds is 5. The lowest BCUT2D eigenvalue weighted by Crippen LogP contribution is -2.49. The summed E-state index contributed by atoms with van der Waals surface area (Å²) in [5, 5.41) is 0.728. The van der Waals surface area contributed by atoms with Crippen molar-refractivity contribution in [1.29, 1.82) is 0 Å². The molecule has 4 rings (SSSR count). The van der Waals surface area contributed by atoms with Crippen LogP contribution in [0.25, 0.3) is 16.3 Å². The highest BCUT2D eigenvalue weighted by molar-refractivity contribution is 7.19. The van der Waals surface area contributed by atoms with E-state index in [2.05, 4.69) is 22.0 Å². The van der Waals surface area contributed by atoms with Crippen LogP contribution in [-0.4, -0.2) is 54.5 Å². The van der Waals surface area contributed by atoms with Crippen LogP contribution in [0.5, 0.6) is 0 Å². The third kappa shape index (κ3) is 4.81. The predicted octanol–water partition coefficient (Wildman–Crippen LogP) is 3.20. The van der Waals surface area contributed by atoms with Gasteiger partial charge >= 0.3 is 5.97 Å². The number of hydrogen-bond donors (Lipinski definition) is 0. The standard InChI is InChI=1S/C22H21N3O3S/c26-21(25-14-12-24(13-15-25)17-6-2-1-3-7-17)16-28-22(27)11-10-20-23-18-8-4-5-9-19(18)29-20/h1-11H,12-16H2/b11-10+. The molecule has 1 fully saturated rings. The number of anilines is 1. The van der Waals surface area contributed by atoms with Gasteiger partial charge in [-0.1, -0.05) is 30.3 Å². The lowest BCUT2D eigenvalue weighted by molar-refractivity contribution is -0.148. The summed E-state index contributed by atoms with van der Waals surface area (Å²) in [7, 11) is 0. The summed E-state index contributed by atoms with van der Waals surface area (Å²) in [5.41, 5.74) is 2.06. The van der Waals surface area contributed by atoms with E-state index in [1.165, 1.54) is 17.4 Å². The summed E-state index contributed by atoms with van der Waals surface area (Å²) in [4.78, 5) is 32.7. The van der Waals surface area contributed by atoms with E-state index in [4.69, 9.17) is 4.74 Å². The van der Waals surface area contributed by atoms with E-state index >= 15 is 0 Å². The molecule has 0 unspecified atom stereocenters. The summed E-state index contributed by atoms with van der Waals surface area (Å²) >= 11 is 1.50. The molecule has 1 aliphatic heterocycles. The van der Waals surface area contributed by atoms with Crippen molar-refractivity contribution >= 4 is 45.2 Å². The molecule has 0 N–H and O–H groups in total. The molecule has 7 heteroatoms. The normalized spacial score (nSPS) is 14.5. The predicted molar refractivity (Wildman–Crippen MR) is 115 cm³/mol. The second-order valence-corrected chi connectivity index (χ2v) is 7.73. The molecule has 1 amide bonds. The lowest BCUT2D eigenvalue weighted by Gasteiger charge is -2.36. The van der Waals surface area contributed by atoms with Crippen LogP contribution in [0.2, 0.25) is 0 Å². The second-order valence-electron chi connectivity index (χ2n) is 6.66. The van der Waals surface area contributed by atoms with Crippen molar-refractivity contribution in [2.24, 2.45) is 0 Å². The first-order valence-corrected chi connectivity index (χ1v) is 10.3. The van der Waals surface area contributed by atoms with Gasteiger partial charge < -0.3 is 14.5 Å². The number of para-hydroxylation sites is 2. The fourth-order valence-corrected chi connectivity index (χ4v) is 4.10. The number of esters is 1. The van der Waals surface area contributed by atoms with E-state index in [1.807, 2.05) is 42.5 Å². The number of benzene rings is 2. The first kappa shape index (κ1) is 19.1. The average molecular weight is 407 g/mol. The topological polar surface area (TPSA) is 62.7 Å². The number of aromatic nitrogens is 1. The number of piperazine rings is 1. The highest BCUT2D eigenvalue weighted by Gasteiger charge is 2.21. The molecule has 1 saturated heterocycles. The molecule has 0 radical (unpaired) electrons. The van der Waals surface area contributed by atoms with Crippen LogP contribution in [0, 0.1) is 0 Å². The quantitative estimate of drug-likeness (QED) is 0.480. The van der Waals surface area contributed by atoms with Gasteiger partial charge in [0.2, 0.25) is 0 Å². The van der Waals surface area contributed by atoms with E-state index in [1.54, 1.807) is 11.0 Å². The minimum atomic E-state index is -0.541. The van der Waals surface area contributed by atoms with Gasteiger partial charge in [-0.15, -0.1) is 11.3 Å². The molecule has 2 heterocycles. The van der Waals surface area contributed by atoms with Crippen LogP contribution in [0.3, 0.4) is 0 Å². The fraction of sp³-hybridized carbons (Fsp3) is 0.227. The Labute approximate surface area is 173 Å². The molecule has 0 spiro atoms. The minimum Gasteiger partial charge on any atom is -0.452 e. The largest absolute Gasteiger partial charge is 0.452 e. The monoisotopic (exact) mass is 407 g/mol. The average Bonchev–Trinajstić information content (AvgIpc) is 3.20. The summed E-state index contributed by atoms with van der Waals surface area (Å²) in [6.45, 7) is 2.52. The zero-order chi connectivity index (χ0) is 20.1. The van der Waals surface area contributed by atoms with E-state index < -0.39 is 5.97 Å². The highest BCUT2D eigenvalue weighted by atomic mass is 32.1. The molecular formula is C22H21N3O3S. The Bertz CT molecular complexity index is 991. The number of carbonyl (C=O) groups is 2. The zero-order valence-corrected chi connectivity index (χ0v) is 16.7. The Morgan fingerprint density at radius 3 is 2.48 bits per heavy atom. The third-order valence-electron chi connectivity index (χ3n) is 4.76. The van der Waals surface area contributed by atoms with Crippen molar-refractivity contribution in [2.45, 2.75) is 0 Å². The molecule has 0 bridgehead atoms. The summed E-state index contributed by atoms with van der Waals surface area (Å²) in [5.74, 6) is -0.708. The maximum absolute atomic E-state index is 12.3. The van der Waals surface area contributed by atoms with Crippen LogP contribution in [0.1, 0.15) is 5.01 Å². The van der Waals surface area contributed by atoms with Gasteiger partial charge in [0, 0.05) is 37.9 Å². The summed E-state index contributed by atoms with van der Waals surface area (Å²) in [6, 6.07) is 17.9. The van der Waals surface area contributed by atoms with E-state index in [-0.39, 0.29) is 12.5 Å². The lowest BCUT2D eigenvalue weighted by atomic mass is 10.2. The Kier molecular flexibility index (Phi) is 5.86. The van der Waals surface area contributed by atoms with Crippen molar-refractivity contribution < 1.29 is 14.3 Å². The highest BCUT2D eigenvalue weighted by Crippen LogP contribution is 2.22. The van der Waals surface area contributed by atoms with E-state index in [0.29, 0.717) is 13.1 Å². The molecule has 148 valence electrons. The number of thiazole rings is 1. The van der Waals surface area contributed by atoms with Gasteiger partial charge in [-0.3, -0.25) is 4.79 Å². The van der Waals surface area contributed by atoms with E-state index in [0.717, 1.165) is 34.0 Å². The van der Waals surface area contributed by atoms with Gasteiger partial charge in [0.25, 0.3) is 5.91 Å². The maximum Gasteiger partial charge on any atom is 0.331 e. The molecule has 1 aliphatic rings. The van der Waals surface area contributed by atoms with Crippen LogP contribution >= 0.6 is 11.3 Å². The zero-order valence-electron chi connectivity index (χ0n) is 15.9. The molecule has 0 atom stereocenters. The molecule has 0 saturated carbocycles. The second kappa shape index (κ2) is 8.87. The van der Waals surface area contributed by atoms with Crippen LogP contribution in [0.15, 0.2) is 60.7 Å². The van der Waals surface area contributed by atoms with Crippen LogP contribution in [0.4, 0.5) is 5.69 Å². The van der Waals surface area contributed by atoms with Crippen molar-refractivity contribution in [1.82, 2.24) is 9.88 Å². The minimum absolute atomic E-state index is 0.167. The van der Waals surface area contributed by atoms with Gasteiger partial charge in [0.15, 0.2) is 6.61 Å². The molecule has 0 aliphatic carbocycles. The number of carbonyl (C=O) groups excluding carboxylic acids is 2. The van der Waals surface area contributed by atoms with Crippen LogP contribution < -0.4 is 4.90 Å². The Balaban J connectivity index is 1.23. The maximum atomic E-state index is 12.3. The number of amides is 1. The first-order valence-electron chi connectivity index (χ1n) is 9.47. The number of ether oxygens (including phenoxy) is 1. The van der Waals surface area contributed by atoms with Crippen molar-refractivity contribution in [2.75, 3.05) is 37.7 Å². The first-order chi connectivity index (χ1) is 14.2. The summed E-state index contributed by atoms with van der Waals surface area (Å²) < 4.78 is 6.17. The number of nitrogens with zero attached hydrogens (tertiary/aromatic N) is 3. The molecule has 6 nitrogen and oxygen atoms in total. The van der Waals surface area contributed by atoms with Gasteiger partial charge in [0.1, 0.15) is 5.01 Å². The van der Waals surface area contributed by atoms with Gasteiger partial charge in [-0.05, 0) is 30.3 Å².